The second kappa shape index (κ2) is 33.9. The molecule has 1 rings (SSSR count). The van der Waals surface area contributed by atoms with Crippen LogP contribution < -0.4 is 38.1 Å². The molecule has 0 saturated carbocycles. The van der Waals surface area contributed by atoms with Crippen molar-refractivity contribution in [2.24, 2.45) is 29.2 Å². The van der Waals surface area contributed by atoms with Gasteiger partial charge in [0.1, 0.15) is 12.4 Å². The second-order valence-electron chi connectivity index (χ2n) is 12.6. The summed E-state index contributed by atoms with van der Waals surface area (Å²) in [6.45, 7) is 18.7. The highest BCUT2D eigenvalue weighted by atomic mass is 16.5. The zero-order valence-corrected chi connectivity index (χ0v) is 33.5. The van der Waals surface area contributed by atoms with E-state index in [9.17, 15) is 38.4 Å². The minimum Gasteiger partial charge on any atom is -0.461 e. The Kier molecular flexibility index (Phi) is 33.6. The molecule has 1 aromatic carbocycles. The lowest BCUT2D eigenvalue weighted by atomic mass is 10.1. The number of nitrogens with one attached hydrogen (secondary N) is 5. The molecule has 0 aliphatic rings. The molecule has 0 aliphatic carbocycles. The summed E-state index contributed by atoms with van der Waals surface area (Å²) in [5.74, 6) is -1.04. The molecular weight excluding hydrogens is 702 g/mol. The van der Waals surface area contributed by atoms with Gasteiger partial charge in [-0.15, -0.1) is 0 Å². The first kappa shape index (κ1) is 53.5. The van der Waals surface area contributed by atoms with Gasteiger partial charge >= 0.3 is 5.97 Å². The fourth-order valence-electron chi connectivity index (χ4n) is 3.24. The Morgan fingerprint density at radius 2 is 1.41 bits per heavy atom. The van der Waals surface area contributed by atoms with E-state index in [0.717, 1.165) is 13.0 Å². The molecule has 54 heavy (non-hydrogen) atoms. The maximum absolute atomic E-state index is 12.3. The molecular formula is C37H65N7O10. The SMILES string of the molecule is CC(C)C(=O)OCc1ccc(NC(=O)CNC=O)cc1C(=O)NCCN.CC(C)C(C)NC(=O)CNC=O.CCC(N)=O.CCCOCCC(=O)C(C)C. The van der Waals surface area contributed by atoms with Crippen molar-refractivity contribution in [3.05, 3.63) is 29.3 Å². The van der Waals surface area contributed by atoms with Gasteiger partial charge in [-0.1, -0.05) is 61.5 Å². The number of hydrogen-bond acceptors (Lipinski definition) is 11. The standard InChI is InChI=1S/C17H24N4O5.C9H18O2.C8H16N2O2.C3H7NO/c1-11(2)17(25)26-9-12-3-4-13(21-15(23)8-19-10-22)7-14(12)16(24)20-6-5-18;1-4-6-11-7-5-9(10)8(2)3;1-6(2)7(3)10-8(12)4-9-5-11;1-2-3(4)5/h3-4,7,10-11H,5-6,8-9,18H2,1-2H3,(H,19,22)(H,20,24)(H,21,23);8H,4-7H2,1-3H3;5-7H,4H2,1-3H3,(H,9,11)(H,10,12);2H2,1H3,(H2,4,5). The highest BCUT2D eigenvalue weighted by Gasteiger charge is 2.16. The van der Waals surface area contributed by atoms with Gasteiger partial charge in [-0.25, -0.2) is 0 Å². The van der Waals surface area contributed by atoms with Crippen molar-refractivity contribution in [1.82, 2.24) is 21.3 Å². The Morgan fingerprint density at radius 1 is 0.833 bits per heavy atom. The van der Waals surface area contributed by atoms with Gasteiger partial charge in [0.15, 0.2) is 0 Å². The van der Waals surface area contributed by atoms with Gasteiger partial charge in [0, 0.05) is 61.3 Å². The number of hydrogen-bond donors (Lipinski definition) is 7. The van der Waals surface area contributed by atoms with E-state index < -0.39 is 11.8 Å². The Balaban J connectivity index is -0.000000767. The maximum Gasteiger partial charge on any atom is 0.308 e. The molecule has 0 heterocycles. The van der Waals surface area contributed by atoms with Crippen LogP contribution in [0.1, 0.15) is 97.5 Å². The number of benzene rings is 1. The molecule has 17 heteroatoms. The first-order valence-electron chi connectivity index (χ1n) is 18.0. The fraction of sp³-hybridized carbons (Fsp3) is 0.622. The number of Topliss-reactive ketones (excluding diaryl/α,β-unsaturated/α-hetero) is 1. The normalized spacial score (nSPS) is 10.5. The topological polar surface area (TPSA) is 267 Å². The lowest BCUT2D eigenvalue weighted by molar-refractivity contribution is -0.148. The van der Waals surface area contributed by atoms with E-state index in [2.05, 4.69) is 39.2 Å². The molecule has 17 nitrogen and oxygen atoms in total. The summed E-state index contributed by atoms with van der Waals surface area (Å²) in [4.78, 5) is 87.3. The van der Waals surface area contributed by atoms with E-state index in [1.54, 1.807) is 32.9 Å². The Labute approximate surface area is 320 Å². The van der Waals surface area contributed by atoms with Gasteiger partial charge in [-0.2, -0.15) is 0 Å². The van der Waals surface area contributed by atoms with Gasteiger partial charge in [0.25, 0.3) is 5.91 Å². The van der Waals surface area contributed by atoms with Crippen LogP contribution in [0.15, 0.2) is 18.2 Å². The third-order valence-electron chi connectivity index (χ3n) is 6.82. The molecule has 6 amide bonds. The number of primary amides is 1. The van der Waals surface area contributed by atoms with Crippen molar-refractivity contribution in [2.75, 3.05) is 44.7 Å². The van der Waals surface area contributed by atoms with Crippen LogP contribution in [-0.4, -0.2) is 93.6 Å². The average Bonchev–Trinajstić information content (AvgIpc) is 3.13. The number of rotatable bonds is 22. The molecule has 1 atom stereocenters. The largest absolute Gasteiger partial charge is 0.461 e. The maximum atomic E-state index is 12.3. The van der Waals surface area contributed by atoms with E-state index in [1.807, 2.05) is 34.6 Å². The summed E-state index contributed by atoms with van der Waals surface area (Å²) in [6.07, 6.45) is 2.96. The minimum atomic E-state index is -0.440. The van der Waals surface area contributed by atoms with Gasteiger partial charge in [-0.3, -0.25) is 38.4 Å². The van der Waals surface area contributed by atoms with Crippen molar-refractivity contribution < 1.29 is 47.8 Å². The quantitative estimate of drug-likeness (QED) is 0.0506. The van der Waals surface area contributed by atoms with E-state index in [4.69, 9.17) is 15.2 Å². The predicted molar refractivity (Wildman–Crippen MR) is 207 cm³/mol. The van der Waals surface area contributed by atoms with Crippen LogP contribution in [0.25, 0.3) is 0 Å². The summed E-state index contributed by atoms with van der Waals surface area (Å²) in [7, 11) is 0. The van der Waals surface area contributed by atoms with Gasteiger partial charge < -0.3 is 47.5 Å². The summed E-state index contributed by atoms with van der Waals surface area (Å²) >= 11 is 0. The van der Waals surface area contributed by atoms with Gasteiger partial charge in [0.05, 0.1) is 25.6 Å². The molecule has 9 N–H and O–H groups in total. The van der Waals surface area contributed by atoms with Crippen LogP contribution in [0.4, 0.5) is 5.69 Å². The third kappa shape index (κ3) is 30.7. The highest BCUT2D eigenvalue weighted by molar-refractivity contribution is 5.99. The third-order valence-corrected chi connectivity index (χ3v) is 6.82. The molecule has 0 aromatic heterocycles. The molecule has 1 aromatic rings. The fourth-order valence-corrected chi connectivity index (χ4v) is 3.24. The smallest absolute Gasteiger partial charge is 0.308 e. The van der Waals surface area contributed by atoms with Crippen molar-refractivity contribution in [2.45, 2.75) is 94.2 Å². The van der Waals surface area contributed by atoms with Crippen LogP contribution in [0.3, 0.4) is 0 Å². The minimum absolute atomic E-state index is 0.0561. The Bertz CT molecular complexity index is 1270. The summed E-state index contributed by atoms with van der Waals surface area (Å²) in [6, 6.07) is 4.79. The predicted octanol–water partition coefficient (Wildman–Crippen LogP) is 1.56. The van der Waals surface area contributed by atoms with E-state index in [-0.39, 0.29) is 74.0 Å². The van der Waals surface area contributed by atoms with Crippen molar-refractivity contribution in [3.63, 3.8) is 0 Å². The zero-order chi connectivity index (χ0) is 42.1. The van der Waals surface area contributed by atoms with Crippen LogP contribution >= 0.6 is 0 Å². The van der Waals surface area contributed by atoms with Crippen molar-refractivity contribution in [3.8, 4) is 0 Å². The van der Waals surface area contributed by atoms with E-state index in [1.165, 1.54) is 6.07 Å². The monoisotopic (exact) mass is 767 g/mol. The molecule has 1 unspecified atom stereocenters. The number of carbonyl (C=O) groups is 8. The molecule has 0 spiro atoms. The molecule has 0 aliphatic heterocycles. The number of carbonyl (C=O) groups excluding carboxylic acids is 8. The molecule has 0 fully saturated rings. The number of nitrogens with two attached hydrogens (primary N) is 2. The summed E-state index contributed by atoms with van der Waals surface area (Å²) < 4.78 is 10.4. The van der Waals surface area contributed by atoms with Crippen molar-refractivity contribution >= 4 is 53.9 Å². The lowest BCUT2D eigenvalue weighted by Gasteiger charge is -2.16. The summed E-state index contributed by atoms with van der Waals surface area (Å²) in [5, 5.41) is 12.5. The molecule has 0 radical (unpaired) electrons. The van der Waals surface area contributed by atoms with E-state index >= 15 is 0 Å². The van der Waals surface area contributed by atoms with Gasteiger partial charge in [-0.05, 0) is 31.4 Å². The van der Waals surface area contributed by atoms with E-state index in [0.29, 0.717) is 55.2 Å². The highest BCUT2D eigenvalue weighted by Crippen LogP contribution is 2.18. The average molecular weight is 768 g/mol. The van der Waals surface area contributed by atoms with Crippen LogP contribution in [0, 0.1) is 17.8 Å². The number of ketones is 1. The zero-order valence-electron chi connectivity index (χ0n) is 33.5. The molecule has 0 saturated heterocycles. The number of ether oxygens (including phenoxy) is 2. The number of amides is 6. The Hall–Kier alpha value is -4.90. The van der Waals surface area contributed by atoms with Crippen molar-refractivity contribution in [1.29, 1.82) is 0 Å². The number of esters is 1. The number of anilines is 1. The lowest BCUT2D eigenvalue weighted by Crippen LogP contribution is -2.41. The Morgan fingerprint density at radius 3 is 1.87 bits per heavy atom. The molecule has 0 bridgehead atoms. The molecule has 308 valence electrons. The first-order chi connectivity index (χ1) is 25.4. The van der Waals surface area contributed by atoms with Crippen LogP contribution in [0.2, 0.25) is 0 Å². The van der Waals surface area contributed by atoms with Gasteiger partial charge in [0.2, 0.25) is 30.5 Å². The second-order valence-corrected chi connectivity index (χ2v) is 12.6. The van der Waals surface area contributed by atoms with Crippen LogP contribution in [-0.2, 0) is 49.6 Å². The first-order valence-corrected chi connectivity index (χ1v) is 18.0. The summed E-state index contributed by atoms with van der Waals surface area (Å²) in [5.41, 5.74) is 11.2. The van der Waals surface area contributed by atoms with Crippen LogP contribution in [0.5, 0.6) is 0 Å².